The molecule has 2 fully saturated rings. The predicted molar refractivity (Wildman–Crippen MR) is 81.0 cm³/mol. The summed E-state index contributed by atoms with van der Waals surface area (Å²) in [5.41, 5.74) is 1.53. The first-order chi connectivity index (χ1) is 10.7. The lowest BCUT2D eigenvalue weighted by atomic mass is 9.92. The van der Waals surface area contributed by atoms with Crippen LogP contribution in [0.5, 0.6) is 0 Å². The Hall–Kier alpha value is -2.18. The van der Waals surface area contributed by atoms with Gasteiger partial charge in [-0.25, -0.2) is 4.98 Å². The number of amides is 1. The van der Waals surface area contributed by atoms with Crippen LogP contribution in [0.1, 0.15) is 16.8 Å². The van der Waals surface area contributed by atoms with Crippen LogP contribution in [0.15, 0.2) is 43.0 Å². The molecule has 2 N–H and O–H groups in total. The second-order valence-corrected chi connectivity index (χ2v) is 5.99. The average molecular weight is 298 g/mol. The van der Waals surface area contributed by atoms with E-state index in [1.165, 1.54) is 0 Å². The van der Waals surface area contributed by atoms with Crippen LogP contribution in [-0.2, 0) is 4.74 Å². The molecular weight excluding hydrogens is 280 g/mol. The van der Waals surface area contributed by atoms with Gasteiger partial charge in [-0.3, -0.25) is 4.79 Å². The first kappa shape index (κ1) is 13.5. The van der Waals surface area contributed by atoms with E-state index in [9.17, 15) is 4.79 Å². The molecule has 2 aromatic rings. The third-order valence-corrected chi connectivity index (χ3v) is 4.35. The first-order valence-electron chi connectivity index (χ1n) is 7.48. The zero-order chi connectivity index (χ0) is 15.0. The molecule has 0 aliphatic carbocycles. The van der Waals surface area contributed by atoms with Gasteiger partial charge in [0.05, 0.1) is 24.6 Å². The van der Waals surface area contributed by atoms with Gasteiger partial charge < -0.3 is 19.9 Å². The minimum atomic E-state index is -0.0557. The lowest BCUT2D eigenvalue weighted by Gasteiger charge is -2.38. The number of carbonyl (C=O) groups excluding carboxylic acids is 1. The Morgan fingerprint density at radius 2 is 2.36 bits per heavy atom. The molecule has 0 saturated carbocycles. The molecule has 2 saturated heterocycles. The van der Waals surface area contributed by atoms with Gasteiger partial charge in [-0.05, 0) is 18.2 Å². The molecule has 6 heteroatoms. The second-order valence-electron chi connectivity index (χ2n) is 5.99. The number of rotatable bonds is 3. The summed E-state index contributed by atoms with van der Waals surface area (Å²) in [6, 6.07) is 7.62. The Labute approximate surface area is 128 Å². The summed E-state index contributed by atoms with van der Waals surface area (Å²) < 4.78 is 7.70. The smallest absolute Gasteiger partial charge is 0.251 e. The molecule has 4 rings (SSSR count). The molecule has 0 bridgehead atoms. The molecule has 1 atom stereocenters. The Morgan fingerprint density at radius 1 is 1.45 bits per heavy atom. The van der Waals surface area contributed by atoms with E-state index in [1.54, 1.807) is 12.5 Å². The molecule has 1 amide bonds. The van der Waals surface area contributed by atoms with Crippen molar-refractivity contribution in [3.63, 3.8) is 0 Å². The number of aromatic nitrogens is 2. The Kier molecular flexibility index (Phi) is 3.20. The van der Waals surface area contributed by atoms with Crippen molar-refractivity contribution < 1.29 is 9.53 Å². The minimum Gasteiger partial charge on any atom is -0.370 e. The number of hydrogen-bond acceptors (Lipinski definition) is 4. The van der Waals surface area contributed by atoms with Crippen LogP contribution in [0.4, 0.5) is 0 Å². The molecule has 2 aliphatic heterocycles. The molecule has 0 radical (unpaired) electrons. The van der Waals surface area contributed by atoms with Gasteiger partial charge in [-0.15, -0.1) is 0 Å². The summed E-state index contributed by atoms with van der Waals surface area (Å²) in [5.74, 6) is -0.0557. The Bertz CT molecular complexity index is 679. The van der Waals surface area contributed by atoms with Crippen molar-refractivity contribution in [2.45, 2.75) is 18.1 Å². The topological polar surface area (TPSA) is 68.2 Å². The van der Waals surface area contributed by atoms with Crippen molar-refractivity contribution in [3.05, 3.63) is 48.5 Å². The van der Waals surface area contributed by atoms with Crippen molar-refractivity contribution in [1.82, 2.24) is 20.2 Å². The zero-order valence-electron chi connectivity index (χ0n) is 12.2. The van der Waals surface area contributed by atoms with E-state index in [2.05, 4.69) is 15.6 Å². The first-order valence-corrected chi connectivity index (χ1v) is 7.48. The third-order valence-electron chi connectivity index (χ3n) is 4.35. The van der Waals surface area contributed by atoms with E-state index in [4.69, 9.17) is 4.74 Å². The van der Waals surface area contributed by atoms with Crippen LogP contribution in [0.2, 0.25) is 0 Å². The van der Waals surface area contributed by atoms with Gasteiger partial charge in [-0.1, -0.05) is 6.07 Å². The van der Waals surface area contributed by atoms with E-state index in [1.807, 2.05) is 35.0 Å². The van der Waals surface area contributed by atoms with E-state index >= 15 is 0 Å². The molecule has 3 heterocycles. The summed E-state index contributed by atoms with van der Waals surface area (Å²) in [6.45, 7) is 2.36. The standard InChI is InChI=1S/C16H18N4O2/c21-15(19-13-7-16(22-8-13)9-18-10-16)12-2-1-3-14(6-12)20-5-4-17-11-20/h1-6,11,13,18H,7-10H2,(H,19,21). The zero-order valence-corrected chi connectivity index (χ0v) is 12.2. The van der Waals surface area contributed by atoms with Crippen molar-refractivity contribution in [2.24, 2.45) is 0 Å². The fourth-order valence-corrected chi connectivity index (χ4v) is 3.08. The number of ether oxygens (including phenoxy) is 1. The summed E-state index contributed by atoms with van der Waals surface area (Å²) in [5, 5.41) is 6.30. The van der Waals surface area contributed by atoms with Crippen molar-refractivity contribution >= 4 is 5.91 Å². The molecule has 1 aromatic heterocycles. The Morgan fingerprint density at radius 3 is 3.05 bits per heavy atom. The molecular formula is C16H18N4O2. The predicted octanol–water partition coefficient (Wildman–Crippen LogP) is 0.733. The van der Waals surface area contributed by atoms with Crippen LogP contribution in [0, 0.1) is 0 Å². The van der Waals surface area contributed by atoms with Crippen LogP contribution < -0.4 is 10.6 Å². The largest absolute Gasteiger partial charge is 0.370 e. The maximum absolute atomic E-state index is 12.4. The second kappa shape index (κ2) is 5.23. The fraction of sp³-hybridized carbons (Fsp3) is 0.375. The van der Waals surface area contributed by atoms with E-state index in [0.717, 1.165) is 25.2 Å². The van der Waals surface area contributed by atoms with Crippen LogP contribution in [0.25, 0.3) is 5.69 Å². The summed E-state index contributed by atoms with van der Waals surface area (Å²) in [6.07, 6.45) is 6.17. The monoisotopic (exact) mass is 298 g/mol. The maximum Gasteiger partial charge on any atom is 0.251 e. The number of nitrogens with one attached hydrogen (secondary N) is 2. The van der Waals surface area contributed by atoms with Crippen molar-refractivity contribution in [1.29, 1.82) is 0 Å². The normalized spacial score (nSPS) is 22.5. The van der Waals surface area contributed by atoms with Crippen LogP contribution in [0.3, 0.4) is 0 Å². The van der Waals surface area contributed by atoms with Gasteiger partial charge in [0.2, 0.25) is 0 Å². The molecule has 2 aliphatic rings. The van der Waals surface area contributed by atoms with E-state index < -0.39 is 0 Å². The maximum atomic E-state index is 12.4. The number of imidazole rings is 1. The van der Waals surface area contributed by atoms with E-state index in [-0.39, 0.29) is 17.6 Å². The highest BCUT2D eigenvalue weighted by atomic mass is 16.5. The highest BCUT2D eigenvalue weighted by Gasteiger charge is 2.45. The average Bonchev–Trinajstić information content (AvgIpc) is 3.16. The highest BCUT2D eigenvalue weighted by molar-refractivity contribution is 5.95. The lowest BCUT2D eigenvalue weighted by molar-refractivity contribution is -0.0360. The quantitative estimate of drug-likeness (QED) is 0.877. The van der Waals surface area contributed by atoms with Gasteiger partial charge in [0, 0.05) is 43.2 Å². The molecule has 1 aromatic carbocycles. The number of hydrogen-bond donors (Lipinski definition) is 2. The van der Waals surface area contributed by atoms with Crippen LogP contribution >= 0.6 is 0 Å². The molecule has 22 heavy (non-hydrogen) atoms. The minimum absolute atomic E-state index is 0.0450. The number of carbonyl (C=O) groups is 1. The Balaban J connectivity index is 1.45. The molecule has 6 nitrogen and oxygen atoms in total. The fourth-order valence-electron chi connectivity index (χ4n) is 3.08. The lowest BCUT2D eigenvalue weighted by Crippen LogP contribution is -2.59. The highest BCUT2D eigenvalue weighted by Crippen LogP contribution is 2.29. The molecule has 1 unspecified atom stereocenters. The molecule has 1 spiro atoms. The van der Waals surface area contributed by atoms with Gasteiger partial charge in [-0.2, -0.15) is 0 Å². The van der Waals surface area contributed by atoms with Gasteiger partial charge >= 0.3 is 0 Å². The number of benzene rings is 1. The molecule has 114 valence electrons. The summed E-state index contributed by atoms with van der Waals surface area (Å²) in [4.78, 5) is 16.5. The third kappa shape index (κ3) is 2.40. The SMILES string of the molecule is O=C(NC1COC2(CNC2)C1)c1cccc(-n2ccnc2)c1. The summed E-state index contributed by atoms with van der Waals surface area (Å²) >= 11 is 0. The van der Waals surface area contributed by atoms with Gasteiger partial charge in [0.15, 0.2) is 0 Å². The van der Waals surface area contributed by atoms with Gasteiger partial charge in [0.25, 0.3) is 5.91 Å². The summed E-state index contributed by atoms with van der Waals surface area (Å²) in [7, 11) is 0. The van der Waals surface area contributed by atoms with E-state index in [0.29, 0.717) is 12.2 Å². The van der Waals surface area contributed by atoms with Crippen LogP contribution in [-0.4, -0.2) is 46.8 Å². The van der Waals surface area contributed by atoms with Gasteiger partial charge in [0.1, 0.15) is 0 Å². The van der Waals surface area contributed by atoms with Crippen molar-refractivity contribution in [2.75, 3.05) is 19.7 Å². The van der Waals surface area contributed by atoms with Crippen molar-refractivity contribution in [3.8, 4) is 5.69 Å². The number of nitrogens with zero attached hydrogens (tertiary/aromatic N) is 2.